The topological polar surface area (TPSA) is 84.2 Å². The van der Waals surface area contributed by atoms with E-state index in [1.807, 2.05) is 19.9 Å². The van der Waals surface area contributed by atoms with Gasteiger partial charge in [-0.05, 0) is 39.2 Å². The van der Waals surface area contributed by atoms with E-state index in [4.69, 9.17) is 5.11 Å². The standard InChI is InChI=1S/C12H17N3O3/c1-8-6-9(2)15(14-8)7-10(16)13-12(11(17)18)4-3-5-12/h6H,3-5,7H2,1-2H3,(H,13,16)(H,17,18). The van der Waals surface area contributed by atoms with Crippen LogP contribution in [0.15, 0.2) is 6.07 Å². The summed E-state index contributed by atoms with van der Waals surface area (Å²) in [6.45, 7) is 3.78. The average Bonchev–Trinajstić information content (AvgIpc) is 2.50. The van der Waals surface area contributed by atoms with Crippen LogP contribution in [0.5, 0.6) is 0 Å². The van der Waals surface area contributed by atoms with E-state index in [0.717, 1.165) is 17.8 Å². The second-order valence-corrected chi connectivity index (χ2v) is 4.87. The molecule has 0 unspecified atom stereocenters. The third-order valence-electron chi connectivity index (χ3n) is 3.39. The molecule has 1 aliphatic rings. The summed E-state index contributed by atoms with van der Waals surface area (Å²) in [5.41, 5.74) is 0.685. The van der Waals surface area contributed by atoms with E-state index in [1.54, 1.807) is 4.68 Å². The number of rotatable bonds is 4. The van der Waals surface area contributed by atoms with Crippen LogP contribution in [0.1, 0.15) is 30.7 Å². The van der Waals surface area contributed by atoms with Crippen LogP contribution in [0.25, 0.3) is 0 Å². The quantitative estimate of drug-likeness (QED) is 0.821. The first-order valence-corrected chi connectivity index (χ1v) is 5.98. The molecule has 0 saturated heterocycles. The molecule has 2 N–H and O–H groups in total. The zero-order valence-electron chi connectivity index (χ0n) is 10.6. The largest absolute Gasteiger partial charge is 0.480 e. The Morgan fingerprint density at radius 2 is 2.17 bits per heavy atom. The van der Waals surface area contributed by atoms with Crippen LogP contribution in [0.4, 0.5) is 0 Å². The number of hydrogen-bond acceptors (Lipinski definition) is 3. The molecule has 1 aromatic heterocycles. The molecule has 0 atom stereocenters. The maximum atomic E-state index is 11.9. The number of aliphatic carboxylic acids is 1. The molecule has 6 nitrogen and oxygen atoms in total. The Bertz CT molecular complexity index is 489. The molecule has 1 aliphatic carbocycles. The van der Waals surface area contributed by atoms with Gasteiger partial charge in [0, 0.05) is 5.69 Å². The predicted molar refractivity (Wildman–Crippen MR) is 64.1 cm³/mol. The minimum Gasteiger partial charge on any atom is -0.480 e. The number of carboxylic acids is 1. The smallest absolute Gasteiger partial charge is 0.329 e. The van der Waals surface area contributed by atoms with Crippen LogP contribution < -0.4 is 5.32 Å². The Labute approximate surface area is 105 Å². The molecule has 98 valence electrons. The first-order valence-electron chi connectivity index (χ1n) is 5.98. The minimum absolute atomic E-state index is 0.0642. The Morgan fingerprint density at radius 1 is 1.50 bits per heavy atom. The van der Waals surface area contributed by atoms with Crippen molar-refractivity contribution in [3.05, 3.63) is 17.5 Å². The summed E-state index contributed by atoms with van der Waals surface area (Å²) in [5, 5.41) is 15.9. The van der Waals surface area contributed by atoms with Gasteiger partial charge in [-0.2, -0.15) is 5.10 Å². The van der Waals surface area contributed by atoms with Gasteiger partial charge in [-0.15, -0.1) is 0 Å². The van der Waals surface area contributed by atoms with E-state index in [2.05, 4.69) is 10.4 Å². The van der Waals surface area contributed by atoms with Crippen molar-refractivity contribution in [3.8, 4) is 0 Å². The monoisotopic (exact) mass is 251 g/mol. The van der Waals surface area contributed by atoms with Crippen LogP contribution in [-0.4, -0.2) is 32.3 Å². The van der Waals surface area contributed by atoms with Gasteiger partial charge in [0.15, 0.2) is 0 Å². The van der Waals surface area contributed by atoms with Gasteiger partial charge >= 0.3 is 5.97 Å². The van der Waals surface area contributed by atoms with Crippen molar-refractivity contribution in [1.82, 2.24) is 15.1 Å². The predicted octanol–water partition coefficient (Wildman–Crippen LogP) is 0.623. The van der Waals surface area contributed by atoms with Crippen LogP contribution in [-0.2, 0) is 16.1 Å². The van der Waals surface area contributed by atoms with E-state index in [1.165, 1.54) is 0 Å². The number of carbonyl (C=O) groups is 2. The minimum atomic E-state index is -1.05. The van der Waals surface area contributed by atoms with Crippen LogP contribution in [0, 0.1) is 13.8 Å². The third kappa shape index (κ3) is 2.23. The Morgan fingerprint density at radius 3 is 2.56 bits per heavy atom. The highest BCUT2D eigenvalue weighted by Crippen LogP contribution is 2.31. The lowest BCUT2D eigenvalue weighted by Crippen LogP contribution is -2.59. The first-order chi connectivity index (χ1) is 8.43. The van der Waals surface area contributed by atoms with Crippen LogP contribution >= 0.6 is 0 Å². The number of nitrogens with zero attached hydrogens (tertiary/aromatic N) is 2. The van der Waals surface area contributed by atoms with E-state index < -0.39 is 11.5 Å². The van der Waals surface area contributed by atoms with Gasteiger partial charge in [0.25, 0.3) is 0 Å². The van der Waals surface area contributed by atoms with E-state index in [0.29, 0.717) is 12.8 Å². The zero-order chi connectivity index (χ0) is 13.3. The van der Waals surface area contributed by atoms with Crippen molar-refractivity contribution in [2.45, 2.75) is 45.2 Å². The number of aryl methyl sites for hydroxylation is 2. The number of carboxylic acid groups (broad SMARTS) is 1. The molecule has 1 aromatic rings. The van der Waals surface area contributed by atoms with Gasteiger partial charge in [0.05, 0.1) is 5.69 Å². The molecule has 0 radical (unpaired) electrons. The highest BCUT2D eigenvalue weighted by atomic mass is 16.4. The molecule has 18 heavy (non-hydrogen) atoms. The molecular weight excluding hydrogens is 234 g/mol. The summed E-state index contributed by atoms with van der Waals surface area (Å²) in [6.07, 6.45) is 1.85. The normalized spacial score (nSPS) is 17.0. The number of hydrogen-bond donors (Lipinski definition) is 2. The number of aromatic nitrogens is 2. The number of carbonyl (C=O) groups excluding carboxylic acids is 1. The molecule has 0 aromatic carbocycles. The highest BCUT2D eigenvalue weighted by molar-refractivity contribution is 5.87. The SMILES string of the molecule is Cc1cc(C)n(CC(=O)NC2(C(=O)O)CCC2)n1. The fourth-order valence-electron chi connectivity index (χ4n) is 2.20. The summed E-state index contributed by atoms with van der Waals surface area (Å²) in [6, 6.07) is 1.88. The molecule has 1 heterocycles. The van der Waals surface area contributed by atoms with Gasteiger partial charge in [0.2, 0.25) is 5.91 Å². The van der Waals surface area contributed by atoms with Crippen molar-refractivity contribution in [2.75, 3.05) is 0 Å². The van der Waals surface area contributed by atoms with Gasteiger partial charge in [-0.25, -0.2) is 4.79 Å². The molecule has 2 rings (SSSR count). The summed E-state index contributed by atoms with van der Waals surface area (Å²) < 4.78 is 1.58. The van der Waals surface area contributed by atoms with Crippen LogP contribution in [0.3, 0.4) is 0 Å². The van der Waals surface area contributed by atoms with Gasteiger partial charge in [-0.3, -0.25) is 9.48 Å². The maximum Gasteiger partial charge on any atom is 0.329 e. The van der Waals surface area contributed by atoms with Crippen molar-refractivity contribution in [2.24, 2.45) is 0 Å². The van der Waals surface area contributed by atoms with Crippen molar-refractivity contribution >= 4 is 11.9 Å². The molecule has 0 bridgehead atoms. The second kappa shape index (κ2) is 4.44. The lowest BCUT2D eigenvalue weighted by atomic mass is 9.77. The first kappa shape index (κ1) is 12.6. The Kier molecular flexibility index (Phi) is 3.11. The Balaban J connectivity index is 2.01. The summed E-state index contributed by atoms with van der Waals surface area (Å²) >= 11 is 0. The average molecular weight is 251 g/mol. The van der Waals surface area contributed by atoms with E-state index >= 15 is 0 Å². The molecule has 0 spiro atoms. The van der Waals surface area contributed by atoms with Crippen LogP contribution in [0.2, 0.25) is 0 Å². The molecule has 6 heteroatoms. The molecule has 1 amide bonds. The van der Waals surface area contributed by atoms with Crippen molar-refractivity contribution in [1.29, 1.82) is 0 Å². The fourth-order valence-corrected chi connectivity index (χ4v) is 2.20. The zero-order valence-corrected chi connectivity index (χ0v) is 10.6. The van der Waals surface area contributed by atoms with E-state index in [9.17, 15) is 9.59 Å². The van der Waals surface area contributed by atoms with Crippen molar-refractivity contribution < 1.29 is 14.7 Å². The second-order valence-electron chi connectivity index (χ2n) is 4.87. The van der Waals surface area contributed by atoms with E-state index in [-0.39, 0.29) is 12.5 Å². The Hall–Kier alpha value is -1.85. The van der Waals surface area contributed by atoms with Gasteiger partial charge in [-0.1, -0.05) is 0 Å². The lowest BCUT2D eigenvalue weighted by molar-refractivity contribution is -0.151. The fraction of sp³-hybridized carbons (Fsp3) is 0.583. The van der Waals surface area contributed by atoms with Gasteiger partial charge < -0.3 is 10.4 Å². The molecular formula is C12H17N3O3. The third-order valence-corrected chi connectivity index (χ3v) is 3.39. The lowest BCUT2D eigenvalue weighted by Gasteiger charge is -2.38. The molecule has 1 fully saturated rings. The molecule has 1 saturated carbocycles. The molecule has 0 aliphatic heterocycles. The summed E-state index contributed by atoms with van der Waals surface area (Å²) in [4.78, 5) is 23.0. The highest BCUT2D eigenvalue weighted by Gasteiger charge is 2.45. The van der Waals surface area contributed by atoms with Crippen molar-refractivity contribution in [3.63, 3.8) is 0 Å². The number of amides is 1. The summed E-state index contributed by atoms with van der Waals surface area (Å²) in [7, 11) is 0. The number of nitrogens with one attached hydrogen (secondary N) is 1. The summed E-state index contributed by atoms with van der Waals surface area (Å²) in [5.74, 6) is -1.25. The van der Waals surface area contributed by atoms with Gasteiger partial charge in [0.1, 0.15) is 12.1 Å². The maximum absolute atomic E-state index is 11.9.